The summed E-state index contributed by atoms with van der Waals surface area (Å²) in [6.07, 6.45) is 2.38. The van der Waals surface area contributed by atoms with Gasteiger partial charge in [-0.05, 0) is 30.6 Å². The zero-order valence-corrected chi connectivity index (χ0v) is 12.4. The fraction of sp³-hybridized carbons (Fsp3) is 0.357. The molecule has 1 heterocycles. The summed E-state index contributed by atoms with van der Waals surface area (Å²) in [6.45, 7) is -0.458. The Labute approximate surface area is 126 Å². The summed E-state index contributed by atoms with van der Waals surface area (Å²) >= 11 is 1.57. The van der Waals surface area contributed by atoms with E-state index in [1.54, 1.807) is 36.0 Å². The number of hydrogen-bond acceptors (Lipinski definition) is 4. The molecule has 6 nitrogen and oxygen atoms in total. The van der Waals surface area contributed by atoms with Crippen LogP contribution in [-0.4, -0.2) is 47.5 Å². The van der Waals surface area contributed by atoms with Gasteiger partial charge in [0.2, 0.25) is 5.91 Å². The van der Waals surface area contributed by atoms with Crippen LogP contribution in [0.25, 0.3) is 0 Å². The predicted molar refractivity (Wildman–Crippen MR) is 80.7 cm³/mol. The van der Waals surface area contributed by atoms with E-state index in [4.69, 9.17) is 5.11 Å². The second-order valence-electron chi connectivity index (χ2n) is 4.64. The molecule has 2 N–H and O–H groups in total. The molecule has 0 aliphatic carbocycles. The van der Waals surface area contributed by atoms with Crippen LogP contribution >= 0.6 is 11.8 Å². The van der Waals surface area contributed by atoms with Crippen molar-refractivity contribution in [1.29, 1.82) is 0 Å². The third-order valence-corrected chi connectivity index (χ3v) is 3.86. The van der Waals surface area contributed by atoms with Gasteiger partial charge in [0.25, 0.3) is 5.91 Å². The van der Waals surface area contributed by atoms with E-state index in [0.717, 1.165) is 0 Å². The van der Waals surface area contributed by atoms with Crippen molar-refractivity contribution < 1.29 is 19.5 Å². The van der Waals surface area contributed by atoms with Gasteiger partial charge in [0.15, 0.2) is 0 Å². The highest BCUT2D eigenvalue weighted by Gasteiger charge is 2.34. The number of benzene rings is 1. The number of rotatable bonds is 5. The van der Waals surface area contributed by atoms with Crippen molar-refractivity contribution in [3.05, 3.63) is 29.8 Å². The average molecular weight is 308 g/mol. The molecule has 0 aromatic heterocycles. The topological polar surface area (TPSA) is 86.7 Å². The van der Waals surface area contributed by atoms with Gasteiger partial charge in [-0.15, -0.1) is 0 Å². The molecule has 21 heavy (non-hydrogen) atoms. The van der Waals surface area contributed by atoms with Crippen molar-refractivity contribution in [2.24, 2.45) is 0 Å². The minimum absolute atomic E-state index is 0.318. The number of nitrogens with one attached hydrogen (secondary N) is 1. The second-order valence-corrected chi connectivity index (χ2v) is 5.63. The lowest BCUT2D eigenvalue weighted by atomic mass is 10.1. The van der Waals surface area contributed by atoms with E-state index in [1.165, 1.54) is 4.90 Å². The SMILES string of the molecule is CSCCC1NC(=O)c2ccccc2N(CC(=O)O)C1=O. The van der Waals surface area contributed by atoms with Gasteiger partial charge >= 0.3 is 5.97 Å². The van der Waals surface area contributed by atoms with E-state index >= 15 is 0 Å². The lowest BCUT2D eigenvalue weighted by molar-refractivity contribution is -0.136. The van der Waals surface area contributed by atoms with E-state index in [9.17, 15) is 14.4 Å². The van der Waals surface area contributed by atoms with Crippen LogP contribution in [0.4, 0.5) is 5.69 Å². The van der Waals surface area contributed by atoms with E-state index in [2.05, 4.69) is 5.32 Å². The number of carbonyl (C=O) groups excluding carboxylic acids is 2. The molecule has 7 heteroatoms. The summed E-state index contributed by atoms with van der Waals surface area (Å²) in [4.78, 5) is 36.9. The van der Waals surface area contributed by atoms with E-state index < -0.39 is 18.6 Å². The van der Waals surface area contributed by atoms with Gasteiger partial charge in [-0.2, -0.15) is 11.8 Å². The Balaban J connectivity index is 2.41. The van der Waals surface area contributed by atoms with Gasteiger partial charge in [0, 0.05) is 0 Å². The first kappa shape index (κ1) is 15.4. The molecular formula is C14H16N2O4S. The van der Waals surface area contributed by atoms with Crippen LogP contribution in [0.3, 0.4) is 0 Å². The summed E-state index contributed by atoms with van der Waals surface area (Å²) in [5.41, 5.74) is 0.660. The molecule has 1 aliphatic heterocycles. The van der Waals surface area contributed by atoms with Gasteiger partial charge in [-0.3, -0.25) is 19.3 Å². The van der Waals surface area contributed by atoms with E-state index in [1.807, 2.05) is 6.26 Å². The van der Waals surface area contributed by atoms with Gasteiger partial charge in [-0.1, -0.05) is 12.1 Å². The molecule has 1 aromatic carbocycles. The number of anilines is 1. The van der Waals surface area contributed by atoms with Crippen molar-refractivity contribution in [2.45, 2.75) is 12.5 Å². The third kappa shape index (κ3) is 3.36. The Morgan fingerprint density at radius 1 is 1.38 bits per heavy atom. The molecule has 2 amide bonds. The molecule has 0 saturated heterocycles. The number of carboxylic acid groups (broad SMARTS) is 1. The molecule has 2 rings (SSSR count). The number of thioether (sulfide) groups is 1. The predicted octanol–water partition coefficient (Wildman–Crippen LogP) is 0.969. The minimum atomic E-state index is -1.11. The highest BCUT2D eigenvalue weighted by Crippen LogP contribution is 2.24. The molecule has 1 atom stereocenters. The van der Waals surface area contributed by atoms with E-state index in [0.29, 0.717) is 23.4 Å². The fourth-order valence-corrected chi connectivity index (χ4v) is 2.71. The maximum Gasteiger partial charge on any atom is 0.323 e. The van der Waals surface area contributed by atoms with Crippen LogP contribution in [0, 0.1) is 0 Å². The summed E-state index contributed by atoms with van der Waals surface area (Å²) < 4.78 is 0. The van der Waals surface area contributed by atoms with Gasteiger partial charge in [0.1, 0.15) is 12.6 Å². The van der Waals surface area contributed by atoms with Crippen LogP contribution in [-0.2, 0) is 9.59 Å². The monoisotopic (exact) mass is 308 g/mol. The van der Waals surface area contributed by atoms with Crippen molar-refractivity contribution >= 4 is 35.2 Å². The zero-order valence-electron chi connectivity index (χ0n) is 11.5. The standard InChI is InChI=1S/C14H16N2O4S/c1-21-7-6-10-14(20)16(8-12(17)18)11-5-3-2-4-9(11)13(19)15-10/h2-5,10H,6-8H2,1H3,(H,15,19)(H,17,18). The molecule has 0 radical (unpaired) electrons. The Hall–Kier alpha value is -2.02. The minimum Gasteiger partial charge on any atom is -0.480 e. The number of carbonyl (C=O) groups is 3. The molecule has 0 saturated carbocycles. The molecule has 1 aliphatic rings. The third-order valence-electron chi connectivity index (χ3n) is 3.21. The van der Waals surface area contributed by atoms with Crippen molar-refractivity contribution in [3.8, 4) is 0 Å². The zero-order chi connectivity index (χ0) is 15.4. The van der Waals surface area contributed by atoms with Crippen LogP contribution < -0.4 is 10.2 Å². The smallest absolute Gasteiger partial charge is 0.323 e. The van der Waals surface area contributed by atoms with Gasteiger partial charge in [0.05, 0.1) is 11.3 Å². The van der Waals surface area contributed by atoms with Crippen LogP contribution in [0.2, 0.25) is 0 Å². The lowest BCUT2D eigenvalue weighted by Gasteiger charge is -2.23. The fourth-order valence-electron chi connectivity index (χ4n) is 2.24. The first-order chi connectivity index (χ1) is 10.0. The Morgan fingerprint density at radius 3 is 2.76 bits per heavy atom. The Bertz CT molecular complexity index is 576. The molecule has 1 aromatic rings. The highest BCUT2D eigenvalue weighted by molar-refractivity contribution is 7.98. The first-order valence-electron chi connectivity index (χ1n) is 6.46. The lowest BCUT2D eigenvalue weighted by Crippen LogP contribution is -2.47. The summed E-state index contributed by atoms with van der Waals surface area (Å²) in [5.74, 6) is -1.15. The Kier molecular flexibility index (Phi) is 4.85. The summed E-state index contributed by atoms with van der Waals surface area (Å²) in [5, 5.41) is 11.7. The Morgan fingerprint density at radius 2 is 2.10 bits per heavy atom. The molecule has 112 valence electrons. The van der Waals surface area contributed by atoms with Gasteiger partial charge < -0.3 is 10.4 Å². The molecule has 1 unspecified atom stereocenters. The van der Waals surface area contributed by atoms with Crippen LogP contribution in [0.5, 0.6) is 0 Å². The number of aliphatic carboxylic acids is 1. The maximum atomic E-state index is 12.5. The largest absolute Gasteiger partial charge is 0.480 e. The molecule has 0 bridgehead atoms. The quantitative estimate of drug-likeness (QED) is 0.846. The van der Waals surface area contributed by atoms with Gasteiger partial charge in [-0.25, -0.2) is 0 Å². The van der Waals surface area contributed by atoms with E-state index in [-0.39, 0.29) is 11.8 Å². The normalized spacial score (nSPS) is 18.0. The molecular weight excluding hydrogens is 292 g/mol. The summed E-state index contributed by atoms with van der Waals surface area (Å²) in [6, 6.07) is 5.84. The number of nitrogens with zero attached hydrogens (tertiary/aromatic N) is 1. The number of fused-ring (bicyclic) bond motifs is 1. The maximum absolute atomic E-state index is 12.5. The molecule has 0 spiro atoms. The highest BCUT2D eigenvalue weighted by atomic mass is 32.2. The van der Waals surface area contributed by atoms with Crippen molar-refractivity contribution in [3.63, 3.8) is 0 Å². The van der Waals surface area contributed by atoms with Crippen LogP contribution in [0.15, 0.2) is 24.3 Å². The second kappa shape index (κ2) is 6.62. The average Bonchev–Trinajstić information content (AvgIpc) is 2.56. The number of para-hydroxylation sites is 1. The van der Waals surface area contributed by atoms with Crippen LogP contribution in [0.1, 0.15) is 16.8 Å². The number of amides is 2. The number of carboxylic acids is 1. The number of hydrogen-bond donors (Lipinski definition) is 2. The van der Waals surface area contributed by atoms with Crippen molar-refractivity contribution in [2.75, 3.05) is 23.5 Å². The van der Waals surface area contributed by atoms with Crippen molar-refractivity contribution in [1.82, 2.24) is 5.32 Å². The first-order valence-corrected chi connectivity index (χ1v) is 7.86. The molecule has 0 fully saturated rings. The summed E-state index contributed by atoms with van der Waals surface area (Å²) in [7, 11) is 0.